The van der Waals surface area contributed by atoms with E-state index in [0.29, 0.717) is 5.02 Å². The van der Waals surface area contributed by atoms with E-state index in [9.17, 15) is 18.4 Å². The molecule has 0 aliphatic heterocycles. The number of amides is 2. The largest absolute Gasteiger partial charge is 0.451 e. The maximum atomic E-state index is 14.7. The molecule has 0 aliphatic carbocycles. The fourth-order valence-electron chi connectivity index (χ4n) is 3.58. The van der Waals surface area contributed by atoms with Gasteiger partial charge in [0.2, 0.25) is 5.91 Å². The normalized spacial score (nSPS) is 10.6. The van der Waals surface area contributed by atoms with Crippen LogP contribution in [0.2, 0.25) is 5.02 Å². The SMILES string of the molecule is C#C.CCCC(CCC)C(=O)N(C)CCN(CC(=O)NO)Sc1cc(F)c(Oc2ccc(Cl)cc2)c(F)c1. The summed E-state index contributed by atoms with van der Waals surface area (Å²) in [6, 6.07) is 8.24. The van der Waals surface area contributed by atoms with E-state index < -0.39 is 23.3 Å². The van der Waals surface area contributed by atoms with Crippen molar-refractivity contribution < 1.29 is 28.3 Å². The summed E-state index contributed by atoms with van der Waals surface area (Å²) in [5.74, 6) is -2.93. The van der Waals surface area contributed by atoms with Gasteiger partial charge in [-0.25, -0.2) is 18.6 Å². The number of nitrogens with zero attached hydrogens (tertiary/aromatic N) is 2. The Bertz CT molecular complexity index is 1030. The van der Waals surface area contributed by atoms with Crippen molar-refractivity contribution in [2.24, 2.45) is 5.92 Å². The first-order chi connectivity index (χ1) is 18.2. The minimum Gasteiger partial charge on any atom is -0.451 e. The van der Waals surface area contributed by atoms with Crippen molar-refractivity contribution in [2.45, 2.75) is 44.4 Å². The molecule has 0 aromatic heterocycles. The van der Waals surface area contributed by atoms with Crippen LogP contribution in [0.4, 0.5) is 8.78 Å². The zero-order valence-corrected chi connectivity index (χ0v) is 23.3. The van der Waals surface area contributed by atoms with Crippen LogP contribution in [0.5, 0.6) is 11.5 Å². The molecule has 0 unspecified atom stereocenters. The van der Waals surface area contributed by atoms with Gasteiger partial charge in [0.1, 0.15) is 5.75 Å². The summed E-state index contributed by atoms with van der Waals surface area (Å²) in [7, 11) is 1.69. The summed E-state index contributed by atoms with van der Waals surface area (Å²) in [5.41, 5.74) is 1.55. The van der Waals surface area contributed by atoms with Crippen molar-refractivity contribution in [1.82, 2.24) is 14.7 Å². The number of hydrogen-bond acceptors (Lipinski definition) is 6. The number of hydrogen-bond donors (Lipinski definition) is 2. The topological polar surface area (TPSA) is 82.1 Å². The number of likely N-dealkylation sites (N-methyl/N-ethyl adjacent to an activating group) is 1. The van der Waals surface area contributed by atoms with E-state index >= 15 is 0 Å². The Labute approximate surface area is 232 Å². The molecule has 0 radical (unpaired) electrons. The van der Waals surface area contributed by atoms with E-state index in [1.165, 1.54) is 28.6 Å². The molecule has 2 amide bonds. The van der Waals surface area contributed by atoms with E-state index in [2.05, 4.69) is 12.8 Å². The van der Waals surface area contributed by atoms with Crippen LogP contribution in [-0.2, 0) is 9.59 Å². The fourth-order valence-corrected chi connectivity index (χ4v) is 4.67. The van der Waals surface area contributed by atoms with E-state index in [-0.39, 0.29) is 42.1 Å². The van der Waals surface area contributed by atoms with Gasteiger partial charge in [0.15, 0.2) is 17.4 Å². The molecule has 0 saturated carbocycles. The van der Waals surface area contributed by atoms with Crippen LogP contribution >= 0.6 is 23.5 Å². The summed E-state index contributed by atoms with van der Waals surface area (Å²) < 4.78 is 36.3. The third-order valence-electron chi connectivity index (χ3n) is 5.37. The zero-order chi connectivity index (χ0) is 28.7. The quantitative estimate of drug-likeness (QED) is 0.123. The minimum atomic E-state index is -0.923. The molecular weight excluding hydrogens is 536 g/mol. The number of benzene rings is 2. The third kappa shape index (κ3) is 10.9. The van der Waals surface area contributed by atoms with Crippen molar-refractivity contribution >= 4 is 35.4 Å². The van der Waals surface area contributed by atoms with Gasteiger partial charge in [0.05, 0.1) is 6.54 Å². The van der Waals surface area contributed by atoms with Gasteiger partial charge in [0.25, 0.3) is 5.91 Å². The maximum Gasteiger partial charge on any atom is 0.258 e. The average molecular weight is 570 g/mol. The number of terminal acetylenes is 1. The van der Waals surface area contributed by atoms with E-state index in [1.807, 2.05) is 13.8 Å². The molecule has 2 aromatic rings. The molecule has 208 valence electrons. The lowest BCUT2D eigenvalue weighted by molar-refractivity contribution is -0.134. The van der Waals surface area contributed by atoms with Gasteiger partial charge in [0, 0.05) is 36.0 Å². The number of carbonyl (C=O) groups is 2. The van der Waals surface area contributed by atoms with Gasteiger partial charge in [-0.2, -0.15) is 0 Å². The second-order valence-corrected chi connectivity index (χ2v) is 9.90. The van der Waals surface area contributed by atoms with Crippen molar-refractivity contribution in [3.05, 3.63) is 53.1 Å². The number of nitrogens with one attached hydrogen (secondary N) is 1. The Hall–Kier alpha value is -2.84. The number of halogens is 3. The molecule has 0 saturated heterocycles. The van der Waals surface area contributed by atoms with Crippen molar-refractivity contribution in [3.8, 4) is 24.3 Å². The van der Waals surface area contributed by atoms with Crippen LogP contribution in [0.1, 0.15) is 39.5 Å². The first-order valence-electron chi connectivity index (χ1n) is 12.0. The first-order valence-corrected chi connectivity index (χ1v) is 13.2. The molecule has 11 heteroatoms. The average Bonchev–Trinajstić information content (AvgIpc) is 2.90. The maximum absolute atomic E-state index is 14.7. The summed E-state index contributed by atoms with van der Waals surface area (Å²) in [5, 5.41) is 9.40. The molecule has 0 bridgehead atoms. The highest BCUT2D eigenvalue weighted by atomic mass is 35.5. The highest BCUT2D eigenvalue weighted by molar-refractivity contribution is 7.97. The Morgan fingerprint density at radius 3 is 2.13 bits per heavy atom. The number of hydroxylamine groups is 1. The lowest BCUT2D eigenvalue weighted by atomic mass is 9.97. The van der Waals surface area contributed by atoms with Crippen LogP contribution in [0.3, 0.4) is 0 Å². The van der Waals surface area contributed by atoms with Crippen LogP contribution in [-0.4, -0.2) is 52.9 Å². The number of rotatable bonds is 14. The third-order valence-corrected chi connectivity index (χ3v) is 6.64. The fraction of sp³-hybridized carbons (Fsp3) is 0.407. The lowest BCUT2D eigenvalue weighted by Crippen LogP contribution is -2.40. The van der Waals surface area contributed by atoms with Gasteiger partial charge < -0.3 is 9.64 Å². The Kier molecular flexibility index (Phi) is 15.4. The summed E-state index contributed by atoms with van der Waals surface area (Å²) in [6.07, 6.45) is 11.4. The van der Waals surface area contributed by atoms with E-state index in [0.717, 1.165) is 49.8 Å². The number of carbonyl (C=O) groups excluding carboxylic acids is 2. The lowest BCUT2D eigenvalue weighted by Gasteiger charge is -2.27. The smallest absolute Gasteiger partial charge is 0.258 e. The second-order valence-electron chi connectivity index (χ2n) is 8.30. The first kappa shape index (κ1) is 33.2. The monoisotopic (exact) mass is 569 g/mol. The molecule has 0 fully saturated rings. The molecule has 7 nitrogen and oxygen atoms in total. The van der Waals surface area contributed by atoms with Gasteiger partial charge in [-0.05, 0) is 61.2 Å². The molecule has 38 heavy (non-hydrogen) atoms. The second kappa shape index (κ2) is 17.6. The van der Waals surface area contributed by atoms with Gasteiger partial charge in [-0.1, -0.05) is 38.3 Å². The molecule has 2 rings (SSSR count). The standard InChI is InChI=1S/C25H32ClF2N3O4S.C2H2/c1-4-6-17(7-5-2)25(33)30(3)12-13-31(16-23(32)29-34)36-20-14-21(27)24(22(28)15-20)35-19-10-8-18(26)9-11-19;1-2/h8-11,14-15,17,34H,4-7,12-13,16H2,1-3H3,(H,29,32);1-2H. The Balaban J connectivity index is 0.00000352. The van der Waals surface area contributed by atoms with Crippen LogP contribution < -0.4 is 10.2 Å². The zero-order valence-electron chi connectivity index (χ0n) is 21.8. The highest BCUT2D eigenvalue weighted by Gasteiger charge is 2.22. The molecular formula is C27H34ClF2N3O4S. The van der Waals surface area contributed by atoms with Gasteiger partial charge in [-0.15, -0.1) is 12.8 Å². The van der Waals surface area contributed by atoms with Crippen LogP contribution in [0, 0.1) is 30.4 Å². The molecule has 0 atom stereocenters. The summed E-state index contributed by atoms with van der Waals surface area (Å²) >= 11 is 6.75. The molecule has 0 aliphatic rings. The van der Waals surface area contributed by atoms with Crippen molar-refractivity contribution in [3.63, 3.8) is 0 Å². The van der Waals surface area contributed by atoms with Crippen molar-refractivity contribution in [2.75, 3.05) is 26.7 Å². The molecule has 0 heterocycles. The highest BCUT2D eigenvalue weighted by Crippen LogP contribution is 2.33. The number of ether oxygens (including phenoxy) is 1. The summed E-state index contributed by atoms with van der Waals surface area (Å²) in [6.45, 7) is 4.31. The van der Waals surface area contributed by atoms with Crippen LogP contribution in [0.15, 0.2) is 41.3 Å². The molecule has 2 aromatic carbocycles. The minimum absolute atomic E-state index is 0.0241. The van der Waals surface area contributed by atoms with Gasteiger partial charge >= 0.3 is 0 Å². The van der Waals surface area contributed by atoms with Crippen molar-refractivity contribution in [1.29, 1.82) is 0 Å². The Morgan fingerprint density at radius 2 is 1.63 bits per heavy atom. The summed E-state index contributed by atoms with van der Waals surface area (Å²) in [4.78, 5) is 26.4. The van der Waals surface area contributed by atoms with Gasteiger partial charge in [-0.3, -0.25) is 14.8 Å². The van der Waals surface area contributed by atoms with E-state index in [4.69, 9.17) is 21.5 Å². The molecule has 2 N–H and O–H groups in total. The predicted molar refractivity (Wildman–Crippen MR) is 146 cm³/mol. The molecule has 0 spiro atoms. The van der Waals surface area contributed by atoms with E-state index in [1.54, 1.807) is 17.4 Å². The van der Waals surface area contributed by atoms with Crippen LogP contribution in [0.25, 0.3) is 0 Å². The Morgan fingerprint density at radius 1 is 1.08 bits per heavy atom. The predicted octanol–water partition coefficient (Wildman–Crippen LogP) is 6.15.